The van der Waals surface area contributed by atoms with E-state index in [9.17, 15) is 32.9 Å². The van der Waals surface area contributed by atoms with Crippen LogP contribution in [-0.2, 0) is 11.0 Å². The molecule has 0 spiro atoms. The summed E-state index contributed by atoms with van der Waals surface area (Å²) in [5, 5.41) is 12.6. The van der Waals surface area contributed by atoms with Crippen molar-refractivity contribution in [2.75, 3.05) is 11.1 Å². The van der Waals surface area contributed by atoms with E-state index in [1.807, 2.05) is 0 Å². The first-order valence-corrected chi connectivity index (χ1v) is 7.49. The number of nitrogens with zero attached hydrogens (tertiary/aromatic N) is 2. The van der Waals surface area contributed by atoms with E-state index >= 15 is 0 Å². The molecule has 1 aromatic heterocycles. The Balaban J connectivity index is 2.03. The number of rotatable bonds is 5. The summed E-state index contributed by atoms with van der Waals surface area (Å²) >= 11 is 0.590. The third-order valence-corrected chi connectivity index (χ3v) is 3.56. The molecule has 0 bridgehead atoms. The fraction of sp³-hybridized carbons (Fsp3) is 0.154. The molecule has 132 valence electrons. The first-order chi connectivity index (χ1) is 11.6. The molecular weight excluding hydrogens is 365 g/mol. The minimum absolute atomic E-state index is 0.158. The largest absolute Gasteiger partial charge is 0.433 e. The number of carbonyl (C=O) groups excluding carboxylic acids is 1. The molecule has 25 heavy (non-hydrogen) atoms. The van der Waals surface area contributed by atoms with E-state index < -0.39 is 28.3 Å². The number of non-ortho nitro benzene ring substituents is 1. The highest BCUT2D eigenvalue weighted by atomic mass is 32.2. The molecule has 1 amide bonds. The Labute approximate surface area is 141 Å². The number of aromatic amines is 1. The molecule has 2 rings (SSSR count). The first kappa shape index (κ1) is 18.4. The third-order valence-electron chi connectivity index (χ3n) is 2.69. The molecule has 0 radical (unpaired) electrons. The number of hydrogen-bond donors (Lipinski definition) is 2. The lowest BCUT2D eigenvalue weighted by Crippen LogP contribution is -2.18. The number of H-pyrrole nitrogens is 1. The van der Waals surface area contributed by atoms with Crippen LogP contribution in [0.4, 0.5) is 24.5 Å². The van der Waals surface area contributed by atoms with Crippen molar-refractivity contribution >= 4 is 29.0 Å². The van der Waals surface area contributed by atoms with Crippen molar-refractivity contribution in [2.24, 2.45) is 0 Å². The zero-order valence-corrected chi connectivity index (χ0v) is 13.0. The molecule has 0 atom stereocenters. The number of nitrogens with one attached hydrogen (secondary N) is 2. The van der Waals surface area contributed by atoms with E-state index in [2.05, 4.69) is 15.3 Å². The fourth-order valence-corrected chi connectivity index (χ4v) is 2.35. The SMILES string of the molecule is O=C(CSc1nc(C(F)(F)F)cc(=O)[nH]1)Nc1cccc([N+](=O)[O-])c1. The smallest absolute Gasteiger partial charge is 0.325 e. The Morgan fingerprint density at radius 3 is 2.72 bits per heavy atom. The summed E-state index contributed by atoms with van der Waals surface area (Å²) in [6, 6.07) is 5.47. The number of nitro benzene ring substituents is 1. The predicted octanol–water partition coefficient (Wildman–Crippen LogP) is 2.43. The molecule has 12 heteroatoms. The lowest BCUT2D eigenvalue weighted by molar-refractivity contribution is -0.384. The number of amides is 1. The zero-order valence-electron chi connectivity index (χ0n) is 12.2. The van der Waals surface area contributed by atoms with Crippen LogP contribution < -0.4 is 10.9 Å². The van der Waals surface area contributed by atoms with Crippen molar-refractivity contribution in [3.63, 3.8) is 0 Å². The van der Waals surface area contributed by atoms with Gasteiger partial charge in [-0.15, -0.1) is 0 Å². The molecule has 0 aliphatic carbocycles. The highest BCUT2D eigenvalue weighted by Crippen LogP contribution is 2.27. The van der Waals surface area contributed by atoms with E-state index in [0.29, 0.717) is 17.8 Å². The van der Waals surface area contributed by atoms with E-state index in [1.165, 1.54) is 18.2 Å². The Hall–Kier alpha value is -2.89. The van der Waals surface area contributed by atoms with Crippen molar-refractivity contribution in [3.8, 4) is 0 Å². The summed E-state index contributed by atoms with van der Waals surface area (Å²) in [7, 11) is 0. The number of alkyl halides is 3. The Bertz CT molecular complexity index is 869. The second-order valence-electron chi connectivity index (χ2n) is 4.58. The molecule has 1 aromatic carbocycles. The van der Waals surface area contributed by atoms with Gasteiger partial charge in [-0.1, -0.05) is 17.8 Å². The highest BCUT2D eigenvalue weighted by molar-refractivity contribution is 7.99. The van der Waals surface area contributed by atoms with E-state index in [1.54, 1.807) is 0 Å². The average Bonchev–Trinajstić information content (AvgIpc) is 2.52. The number of benzene rings is 1. The maximum Gasteiger partial charge on any atom is 0.433 e. The van der Waals surface area contributed by atoms with Crippen LogP contribution in [0, 0.1) is 10.1 Å². The maximum absolute atomic E-state index is 12.6. The van der Waals surface area contributed by atoms with Gasteiger partial charge in [-0.25, -0.2) is 4.98 Å². The number of aromatic nitrogens is 2. The minimum Gasteiger partial charge on any atom is -0.325 e. The molecular formula is C13H9F3N4O4S. The molecule has 2 N–H and O–H groups in total. The summed E-state index contributed by atoms with van der Waals surface area (Å²) < 4.78 is 37.7. The van der Waals surface area contributed by atoms with Crippen LogP contribution in [0.5, 0.6) is 0 Å². The van der Waals surface area contributed by atoms with Gasteiger partial charge in [0.1, 0.15) is 0 Å². The Morgan fingerprint density at radius 2 is 2.08 bits per heavy atom. The monoisotopic (exact) mass is 374 g/mol. The van der Waals surface area contributed by atoms with E-state index in [0.717, 1.165) is 6.07 Å². The molecule has 0 saturated carbocycles. The summed E-state index contributed by atoms with van der Waals surface area (Å²) in [6.07, 6.45) is -4.78. The Morgan fingerprint density at radius 1 is 1.36 bits per heavy atom. The molecule has 8 nitrogen and oxygen atoms in total. The average molecular weight is 374 g/mol. The summed E-state index contributed by atoms with van der Waals surface area (Å²) in [6.45, 7) is 0. The number of anilines is 1. The molecule has 0 fully saturated rings. The first-order valence-electron chi connectivity index (χ1n) is 6.51. The van der Waals surface area contributed by atoms with E-state index in [-0.39, 0.29) is 22.3 Å². The zero-order chi connectivity index (χ0) is 18.6. The summed E-state index contributed by atoms with van der Waals surface area (Å²) in [5.41, 5.74) is -2.43. The van der Waals surface area contributed by atoms with Gasteiger partial charge in [0.05, 0.1) is 10.7 Å². The second kappa shape index (κ2) is 7.34. The van der Waals surface area contributed by atoms with Gasteiger partial charge in [-0.3, -0.25) is 19.7 Å². The van der Waals surface area contributed by atoms with Crippen LogP contribution in [0.1, 0.15) is 5.69 Å². The fourth-order valence-electron chi connectivity index (χ4n) is 1.68. The van der Waals surface area contributed by atoms with Crippen molar-refractivity contribution in [2.45, 2.75) is 11.3 Å². The van der Waals surface area contributed by atoms with Gasteiger partial charge in [0.2, 0.25) is 5.91 Å². The van der Waals surface area contributed by atoms with Gasteiger partial charge in [0.25, 0.3) is 11.2 Å². The van der Waals surface area contributed by atoms with Crippen LogP contribution >= 0.6 is 11.8 Å². The predicted molar refractivity (Wildman–Crippen MR) is 82.3 cm³/mol. The topological polar surface area (TPSA) is 118 Å². The molecule has 0 unspecified atom stereocenters. The van der Waals surface area contributed by atoms with Gasteiger partial charge in [0, 0.05) is 23.9 Å². The Kier molecular flexibility index (Phi) is 5.41. The van der Waals surface area contributed by atoms with Gasteiger partial charge >= 0.3 is 6.18 Å². The molecule has 0 aliphatic rings. The molecule has 0 aliphatic heterocycles. The third kappa shape index (κ3) is 5.31. The standard InChI is InChI=1S/C13H9F3N4O4S/c14-13(15,16)9-5-10(21)19-12(18-9)25-6-11(22)17-7-2-1-3-8(4-7)20(23)24/h1-5H,6H2,(H,17,22)(H,18,19,21). The maximum atomic E-state index is 12.6. The number of hydrogen-bond acceptors (Lipinski definition) is 6. The molecule has 0 saturated heterocycles. The minimum atomic E-state index is -4.78. The van der Waals surface area contributed by atoms with Crippen molar-refractivity contribution < 1.29 is 22.9 Å². The van der Waals surface area contributed by atoms with Crippen molar-refractivity contribution in [1.82, 2.24) is 9.97 Å². The number of halogens is 3. The summed E-state index contributed by atoms with van der Waals surface area (Å²) in [5.74, 6) is -0.988. The normalized spacial score (nSPS) is 11.2. The van der Waals surface area contributed by atoms with E-state index in [4.69, 9.17) is 0 Å². The molecule has 1 heterocycles. The summed E-state index contributed by atoms with van der Waals surface area (Å²) in [4.78, 5) is 38.3. The lowest BCUT2D eigenvalue weighted by atomic mass is 10.3. The number of carbonyl (C=O) groups is 1. The van der Waals surface area contributed by atoms with Crippen LogP contribution in [0.2, 0.25) is 0 Å². The lowest BCUT2D eigenvalue weighted by Gasteiger charge is -2.07. The second-order valence-corrected chi connectivity index (χ2v) is 5.54. The van der Waals surface area contributed by atoms with Crippen LogP contribution in [0.15, 0.2) is 40.3 Å². The van der Waals surface area contributed by atoms with Gasteiger partial charge in [-0.05, 0) is 6.07 Å². The van der Waals surface area contributed by atoms with Crippen molar-refractivity contribution in [3.05, 3.63) is 56.5 Å². The quantitative estimate of drug-likeness (QED) is 0.359. The number of nitro groups is 1. The van der Waals surface area contributed by atoms with Crippen LogP contribution in [0.3, 0.4) is 0 Å². The van der Waals surface area contributed by atoms with Crippen molar-refractivity contribution in [1.29, 1.82) is 0 Å². The van der Waals surface area contributed by atoms with Gasteiger partial charge < -0.3 is 10.3 Å². The van der Waals surface area contributed by atoms with Gasteiger partial charge in [-0.2, -0.15) is 13.2 Å². The van der Waals surface area contributed by atoms with Gasteiger partial charge in [0.15, 0.2) is 10.9 Å². The number of thioether (sulfide) groups is 1. The molecule has 2 aromatic rings. The highest BCUT2D eigenvalue weighted by Gasteiger charge is 2.33. The van der Waals surface area contributed by atoms with Crippen LogP contribution in [-0.4, -0.2) is 26.6 Å². The van der Waals surface area contributed by atoms with Crippen LogP contribution in [0.25, 0.3) is 0 Å².